The van der Waals surface area contributed by atoms with Crippen LogP contribution in [0, 0.1) is 13.8 Å². The third-order valence-corrected chi connectivity index (χ3v) is 3.86. The third kappa shape index (κ3) is 3.51. The van der Waals surface area contributed by atoms with Crippen molar-refractivity contribution in [2.24, 2.45) is 10.2 Å². The molecule has 0 aliphatic rings. The molecule has 0 amide bonds. The Balaban J connectivity index is 1.82. The molecule has 0 N–H and O–H groups in total. The molecule has 122 valence electrons. The Labute approximate surface area is 141 Å². The molecule has 0 saturated carbocycles. The molecule has 0 spiro atoms. The SMILES string of the molecule is COc1ccc(N=Nc2c(C)nn(Cc3ccccc3)c2C)cc1. The van der Waals surface area contributed by atoms with E-state index >= 15 is 0 Å². The third-order valence-electron chi connectivity index (χ3n) is 3.86. The number of azo groups is 1. The van der Waals surface area contributed by atoms with E-state index in [0.29, 0.717) is 0 Å². The maximum Gasteiger partial charge on any atom is 0.129 e. The zero-order valence-electron chi connectivity index (χ0n) is 14.1. The van der Waals surface area contributed by atoms with Crippen LogP contribution in [0.4, 0.5) is 11.4 Å². The van der Waals surface area contributed by atoms with Gasteiger partial charge in [-0.1, -0.05) is 30.3 Å². The van der Waals surface area contributed by atoms with Gasteiger partial charge in [0.25, 0.3) is 0 Å². The first-order valence-electron chi connectivity index (χ1n) is 7.81. The Morgan fingerprint density at radius 2 is 1.67 bits per heavy atom. The van der Waals surface area contributed by atoms with Crippen molar-refractivity contribution in [1.29, 1.82) is 0 Å². The second-order valence-corrected chi connectivity index (χ2v) is 5.56. The van der Waals surface area contributed by atoms with Gasteiger partial charge in [-0.05, 0) is 43.7 Å². The van der Waals surface area contributed by atoms with E-state index < -0.39 is 0 Å². The minimum Gasteiger partial charge on any atom is -0.497 e. The van der Waals surface area contributed by atoms with E-state index in [0.717, 1.165) is 35.1 Å². The number of ether oxygens (including phenoxy) is 1. The van der Waals surface area contributed by atoms with Crippen LogP contribution in [0.3, 0.4) is 0 Å². The van der Waals surface area contributed by atoms with Crippen molar-refractivity contribution in [3.05, 3.63) is 71.5 Å². The predicted molar refractivity (Wildman–Crippen MR) is 94.4 cm³/mol. The summed E-state index contributed by atoms with van der Waals surface area (Å²) in [5, 5.41) is 13.3. The summed E-state index contributed by atoms with van der Waals surface area (Å²) in [6.45, 7) is 4.70. The van der Waals surface area contributed by atoms with Gasteiger partial charge in [0.15, 0.2) is 0 Å². The molecule has 0 fully saturated rings. The molecule has 0 aliphatic heterocycles. The van der Waals surface area contributed by atoms with Crippen LogP contribution < -0.4 is 4.74 Å². The van der Waals surface area contributed by atoms with Crippen LogP contribution in [0.1, 0.15) is 17.0 Å². The van der Waals surface area contributed by atoms with Crippen molar-refractivity contribution < 1.29 is 4.74 Å². The van der Waals surface area contributed by atoms with Crippen LogP contribution in [-0.4, -0.2) is 16.9 Å². The fourth-order valence-electron chi connectivity index (χ4n) is 2.50. The Morgan fingerprint density at radius 3 is 2.33 bits per heavy atom. The Bertz CT molecular complexity index is 836. The summed E-state index contributed by atoms with van der Waals surface area (Å²) in [5.41, 5.74) is 4.70. The minimum atomic E-state index is 0.728. The smallest absolute Gasteiger partial charge is 0.129 e. The quantitative estimate of drug-likeness (QED) is 0.623. The molecule has 1 aromatic heterocycles. The average Bonchev–Trinajstić information content (AvgIpc) is 2.88. The second-order valence-electron chi connectivity index (χ2n) is 5.56. The molecule has 0 radical (unpaired) electrons. The highest BCUT2D eigenvalue weighted by Crippen LogP contribution is 2.26. The molecule has 1 heterocycles. The number of aryl methyl sites for hydroxylation is 1. The zero-order chi connectivity index (χ0) is 16.9. The molecule has 5 nitrogen and oxygen atoms in total. The van der Waals surface area contributed by atoms with Crippen molar-refractivity contribution in [1.82, 2.24) is 9.78 Å². The number of methoxy groups -OCH3 is 1. The molecule has 0 unspecified atom stereocenters. The second kappa shape index (κ2) is 7.08. The summed E-state index contributed by atoms with van der Waals surface area (Å²) in [6, 6.07) is 17.8. The molecule has 5 heteroatoms. The predicted octanol–water partition coefficient (Wildman–Crippen LogP) is 4.97. The van der Waals surface area contributed by atoms with Crippen molar-refractivity contribution in [3.63, 3.8) is 0 Å². The number of benzene rings is 2. The maximum absolute atomic E-state index is 5.14. The highest BCUT2D eigenvalue weighted by atomic mass is 16.5. The van der Waals surface area contributed by atoms with Crippen LogP contribution in [-0.2, 0) is 6.54 Å². The van der Waals surface area contributed by atoms with Crippen molar-refractivity contribution >= 4 is 11.4 Å². The lowest BCUT2D eigenvalue weighted by molar-refractivity contribution is 0.415. The van der Waals surface area contributed by atoms with Gasteiger partial charge in [-0.15, -0.1) is 5.11 Å². The Hall–Kier alpha value is -2.95. The summed E-state index contributed by atoms with van der Waals surface area (Å²) < 4.78 is 7.11. The monoisotopic (exact) mass is 320 g/mol. The number of nitrogens with zero attached hydrogens (tertiary/aromatic N) is 4. The van der Waals surface area contributed by atoms with E-state index in [1.54, 1.807) is 7.11 Å². The van der Waals surface area contributed by atoms with Crippen LogP contribution in [0.15, 0.2) is 64.8 Å². The van der Waals surface area contributed by atoms with Crippen LogP contribution >= 0.6 is 0 Å². The van der Waals surface area contributed by atoms with Gasteiger partial charge in [-0.2, -0.15) is 10.2 Å². The van der Waals surface area contributed by atoms with Gasteiger partial charge in [0.2, 0.25) is 0 Å². The van der Waals surface area contributed by atoms with Gasteiger partial charge in [-0.25, -0.2) is 0 Å². The van der Waals surface area contributed by atoms with E-state index in [9.17, 15) is 0 Å². The maximum atomic E-state index is 5.14. The molecule has 24 heavy (non-hydrogen) atoms. The normalized spacial score (nSPS) is 11.1. The number of hydrogen-bond donors (Lipinski definition) is 0. The van der Waals surface area contributed by atoms with Gasteiger partial charge < -0.3 is 4.74 Å². The van der Waals surface area contributed by atoms with Gasteiger partial charge in [0.05, 0.1) is 30.7 Å². The van der Waals surface area contributed by atoms with Crippen molar-refractivity contribution in [2.45, 2.75) is 20.4 Å². The largest absolute Gasteiger partial charge is 0.497 e. The van der Waals surface area contributed by atoms with Crippen LogP contribution in [0.25, 0.3) is 0 Å². The standard InChI is InChI=1S/C19H20N4O/c1-14-19(21-20-17-9-11-18(24-3)12-10-17)15(2)23(22-14)13-16-7-5-4-6-8-16/h4-12H,13H2,1-3H3. The van der Waals surface area contributed by atoms with Crippen molar-refractivity contribution in [3.8, 4) is 5.75 Å². The Morgan fingerprint density at radius 1 is 0.958 bits per heavy atom. The first-order chi connectivity index (χ1) is 11.7. The van der Waals surface area contributed by atoms with Gasteiger partial charge in [0, 0.05) is 0 Å². The molecule has 2 aromatic carbocycles. The van der Waals surface area contributed by atoms with Crippen LogP contribution in [0.5, 0.6) is 5.75 Å². The molecular weight excluding hydrogens is 300 g/mol. The lowest BCUT2D eigenvalue weighted by Gasteiger charge is -2.04. The highest BCUT2D eigenvalue weighted by molar-refractivity contribution is 5.47. The summed E-state index contributed by atoms with van der Waals surface area (Å²) in [7, 11) is 1.64. The lowest BCUT2D eigenvalue weighted by Crippen LogP contribution is -2.03. The molecular formula is C19H20N4O. The van der Waals surface area contributed by atoms with E-state index in [4.69, 9.17) is 4.74 Å². The van der Waals surface area contributed by atoms with E-state index in [-0.39, 0.29) is 0 Å². The number of aromatic nitrogens is 2. The molecule has 3 aromatic rings. The van der Waals surface area contributed by atoms with E-state index in [2.05, 4.69) is 27.5 Å². The van der Waals surface area contributed by atoms with Crippen LogP contribution in [0.2, 0.25) is 0 Å². The summed E-state index contributed by atoms with van der Waals surface area (Å²) >= 11 is 0. The first kappa shape index (κ1) is 15.9. The summed E-state index contributed by atoms with van der Waals surface area (Å²) in [4.78, 5) is 0. The Kier molecular flexibility index (Phi) is 4.70. The van der Waals surface area contributed by atoms with E-state index in [1.807, 2.05) is 61.0 Å². The zero-order valence-corrected chi connectivity index (χ0v) is 14.1. The number of rotatable bonds is 5. The summed E-state index contributed by atoms with van der Waals surface area (Å²) in [5.74, 6) is 0.803. The van der Waals surface area contributed by atoms with Gasteiger partial charge in [0.1, 0.15) is 11.4 Å². The molecule has 0 saturated heterocycles. The molecule has 0 bridgehead atoms. The van der Waals surface area contributed by atoms with Gasteiger partial charge >= 0.3 is 0 Å². The molecule has 0 atom stereocenters. The number of hydrogen-bond acceptors (Lipinski definition) is 4. The fourth-order valence-corrected chi connectivity index (χ4v) is 2.50. The summed E-state index contributed by atoms with van der Waals surface area (Å²) in [6.07, 6.45) is 0. The van der Waals surface area contributed by atoms with E-state index in [1.165, 1.54) is 5.56 Å². The topological polar surface area (TPSA) is 51.8 Å². The fraction of sp³-hybridized carbons (Fsp3) is 0.211. The molecule has 3 rings (SSSR count). The van der Waals surface area contributed by atoms with Gasteiger partial charge in [-0.3, -0.25) is 4.68 Å². The average molecular weight is 320 g/mol. The first-order valence-corrected chi connectivity index (χ1v) is 7.81. The lowest BCUT2D eigenvalue weighted by atomic mass is 10.2. The molecule has 0 aliphatic carbocycles. The minimum absolute atomic E-state index is 0.728. The van der Waals surface area contributed by atoms with Crippen molar-refractivity contribution in [2.75, 3.05) is 7.11 Å². The highest BCUT2D eigenvalue weighted by Gasteiger charge is 2.11.